The second-order valence-corrected chi connectivity index (χ2v) is 3.94. The van der Waals surface area contributed by atoms with Crippen LogP contribution in [0.25, 0.3) is 22.2 Å². The zero-order valence-corrected chi connectivity index (χ0v) is 9.79. The number of nitriles is 1. The molecular weight excluding hydrogens is 242 g/mol. The molecule has 4 N–H and O–H groups in total. The van der Waals surface area contributed by atoms with Gasteiger partial charge in [0.15, 0.2) is 0 Å². The second kappa shape index (κ2) is 3.99. The van der Waals surface area contributed by atoms with E-state index in [0.29, 0.717) is 11.3 Å². The summed E-state index contributed by atoms with van der Waals surface area (Å²) >= 11 is 0. The fourth-order valence-corrected chi connectivity index (χ4v) is 2.00. The Labute approximate surface area is 108 Å². The van der Waals surface area contributed by atoms with Gasteiger partial charge in [0, 0.05) is 10.9 Å². The molecular formula is C13H9N5O. The lowest BCUT2D eigenvalue weighted by Crippen LogP contribution is -2.05. The van der Waals surface area contributed by atoms with E-state index < -0.39 is 0 Å². The van der Waals surface area contributed by atoms with Gasteiger partial charge in [0.25, 0.3) is 0 Å². The Hall–Kier alpha value is -3.07. The van der Waals surface area contributed by atoms with Crippen LogP contribution in [-0.2, 0) is 0 Å². The molecule has 3 rings (SSSR count). The lowest BCUT2D eigenvalue weighted by Gasteiger charge is -2.07. The van der Waals surface area contributed by atoms with Crippen LogP contribution in [0.5, 0.6) is 0 Å². The molecule has 2 heterocycles. The molecule has 0 aliphatic heterocycles. The number of hydrogen-bond donors (Lipinski definition) is 2. The van der Waals surface area contributed by atoms with E-state index in [-0.39, 0.29) is 17.3 Å². The number of benzene rings is 1. The monoisotopic (exact) mass is 251 g/mol. The van der Waals surface area contributed by atoms with Gasteiger partial charge in [-0.1, -0.05) is 12.1 Å². The molecule has 0 unspecified atom stereocenters. The Kier molecular flexibility index (Phi) is 2.32. The van der Waals surface area contributed by atoms with Crippen molar-refractivity contribution in [1.82, 2.24) is 9.97 Å². The van der Waals surface area contributed by atoms with E-state index in [1.54, 1.807) is 12.3 Å². The predicted molar refractivity (Wildman–Crippen MR) is 70.8 cm³/mol. The molecule has 0 bridgehead atoms. The van der Waals surface area contributed by atoms with E-state index in [0.717, 1.165) is 10.9 Å². The van der Waals surface area contributed by atoms with Crippen LogP contribution in [0, 0.1) is 11.3 Å². The van der Waals surface area contributed by atoms with Crippen LogP contribution in [0.15, 0.2) is 34.9 Å². The van der Waals surface area contributed by atoms with E-state index >= 15 is 0 Å². The maximum Gasteiger partial charge on any atom is 0.222 e. The molecule has 0 radical (unpaired) electrons. The third kappa shape index (κ3) is 1.65. The van der Waals surface area contributed by atoms with E-state index in [2.05, 4.69) is 9.97 Å². The first-order chi connectivity index (χ1) is 9.20. The molecule has 19 heavy (non-hydrogen) atoms. The predicted octanol–water partition coefficient (Wildman–Crippen LogP) is 1.93. The highest BCUT2D eigenvalue weighted by Crippen LogP contribution is 2.31. The Morgan fingerprint density at radius 2 is 2.00 bits per heavy atom. The summed E-state index contributed by atoms with van der Waals surface area (Å²) in [7, 11) is 0. The van der Waals surface area contributed by atoms with Gasteiger partial charge in [0.1, 0.15) is 23.0 Å². The second-order valence-electron chi connectivity index (χ2n) is 3.94. The van der Waals surface area contributed by atoms with Crippen molar-refractivity contribution in [3.63, 3.8) is 0 Å². The average molecular weight is 251 g/mol. The summed E-state index contributed by atoms with van der Waals surface area (Å²) in [6.07, 6.45) is 1.58. The molecule has 6 heteroatoms. The molecule has 92 valence electrons. The molecule has 0 atom stereocenters. The van der Waals surface area contributed by atoms with Gasteiger partial charge in [-0.15, -0.1) is 0 Å². The highest BCUT2D eigenvalue weighted by molar-refractivity contribution is 5.95. The molecule has 0 saturated carbocycles. The number of nitrogens with zero attached hydrogens (tertiary/aromatic N) is 3. The maximum atomic E-state index is 9.20. The number of anilines is 2. The van der Waals surface area contributed by atoms with E-state index in [1.165, 1.54) is 0 Å². The largest absolute Gasteiger partial charge is 0.464 e. The molecule has 1 aromatic carbocycles. The molecule has 6 nitrogen and oxygen atoms in total. The topological polar surface area (TPSA) is 115 Å². The van der Waals surface area contributed by atoms with Crippen molar-refractivity contribution in [2.24, 2.45) is 0 Å². The van der Waals surface area contributed by atoms with Gasteiger partial charge in [-0.3, -0.25) is 0 Å². The first-order valence-corrected chi connectivity index (χ1v) is 5.50. The SMILES string of the molecule is N#Cc1c(N)nc(N)nc1-c1cccc2occc12. The van der Waals surface area contributed by atoms with E-state index in [4.69, 9.17) is 15.9 Å². The number of fused-ring (bicyclic) bond motifs is 1. The summed E-state index contributed by atoms with van der Waals surface area (Å²) < 4.78 is 5.33. The summed E-state index contributed by atoms with van der Waals surface area (Å²) in [4.78, 5) is 7.92. The smallest absolute Gasteiger partial charge is 0.222 e. The van der Waals surface area contributed by atoms with Crippen molar-refractivity contribution in [3.05, 3.63) is 36.1 Å². The average Bonchev–Trinajstić information content (AvgIpc) is 2.85. The van der Waals surface area contributed by atoms with Crippen molar-refractivity contribution in [3.8, 4) is 17.3 Å². The maximum absolute atomic E-state index is 9.20. The third-order valence-electron chi connectivity index (χ3n) is 2.82. The summed E-state index contributed by atoms with van der Waals surface area (Å²) in [6.45, 7) is 0. The van der Waals surface area contributed by atoms with Crippen LogP contribution in [0.3, 0.4) is 0 Å². The Bertz CT molecular complexity index is 816. The number of furan rings is 1. The lowest BCUT2D eigenvalue weighted by atomic mass is 10.0. The molecule has 2 aromatic heterocycles. The van der Waals surface area contributed by atoms with Crippen LogP contribution in [0.2, 0.25) is 0 Å². The molecule has 0 aliphatic carbocycles. The first-order valence-electron chi connectivity index (χ1n) is 5.50. The van der Waals surface area contributed by atoms with Gasteiger partial charge in [0.2, 0.25) is 5.95 Å². The highest BCUT2D eigenvalue weighted by Gasteiger charge is 2.15. The zero-order valence-electron chi connectivity index (χ0n) is 9.79. The summed E-state index contributed by atoms with van der Waals surface area (Å²) in [6, 6.07) is 9.30. The summed E-state index contributed by atoms with van der Waals surface area (Å²) in [5, 5.41) is 10.0. The van der Waals surface area contributed by atoms with Crippen LogP contribution < -0.4 is 11.5 Å². The van der Waals surface area contributed by atoms with Crippen molar-refractivity contribution in [2.75, 3.05) is 11.5 Å². The first kappa shape index (κ1) is 11.0. The minimum Gasteiger partial charge on any atom is -0.464 e. The molecule has 0 fully saturated rings. The van der Waals surface area contributed by atoms with Gasteiger partial charge < -0.3 is 15.9 Å². The number of hydrogen-bond acceptors (Lipinski definition) is 6. The minimum absolute atomic E-state index is 0.0343. The Morgan fingerprint density at radius 1 is 1.16 bits per heavy atom. The fraction of sp³-hybridized carbons (Fsp3) is 0. The van der Waals surface area contributed by atoms with Gasteiger partial charge in [-0.2, -0.15) is 10.2 Å². The van der Waals surface area contributed by atoms with Crippen molar-refractivity contribution in [2.45, 2.75) is 0 Å². The number of nitrogen functional groups attached to an aromatic ring is 2. The lowest BCUT2D eigenvalue weighted by molar-refractivity contribution is 0.616. The quantitative estimate of drug-likeness (QED) is 0.682. The van der Waals surface area contributed by atoms with Crippen molar-refractivity contribution >= 4 is 22.7 Å². The van der Waals surface area contributed by atoms with Crippen molar-refractivity contribution in [1.29, 1.82) is 5.26 Å². The van der Waals surface area contributed by atoms with Crippen LogP contribution in [0.4, 0.5) is 11.8 Å². The van der Waals surface area contributed by atoms with Gasteiger partial charge in [-0.25, -0.2) is 4.98 Å². The fourth-order valence-electron chi connectivity index (χ4n) is 2.00. The minimum atomic E-state index is 0.0343. The normalized spacial score (nSPS) is 10.5. The molecule has 3 aromatic rings. The Morgan fingerprint density at radius 3 is 2.79 bits per heavy atom. The van der Waals surface area contributed by atoms with Gasteiger partial charge in [-0.05, 0) is 12.1 Å². The molecule has 0 spiro atoms. The number of nitrogens with two attached hydrogens (primary N) is 2. The standard InChI is InChI=1S/C13H9N5O/c14-6-9-11(17-13(16)18-12(9)15)8-2-1-3-10-7(8)4-5-19-10/h1-5H,(H4,15,16,17,18). The zero-order chi connectivity index (χ0) is 13.4. The summed E-state index contributed by atoms with van der Waals surface area (Å²) in [5.41, 5.74) is 13.4. The van der Waals surface area contributed by atoms with Gasteiger partial charge >= 0.3 is 0 Å². The third-order valence-corrected chi connectivity index (χ3v) is 2.82. The molecule has 0 aliphatic rings. The number of rotatable bonds is 1. The van der Waals surface area contributed by atoms with Crippen LogP contribution in [-0.4, -0.2) is 9.97 Å². The molecule has 0 amide bonds. The number of aromatic nitrogens is 2. The van der Waals surface area contributed by atoms with Crippen LogP contribution in [0.1, 0.15) is 5.56 Å². The van der Waals surface area contributed by atoms with E-state index in [9.17, 15) is 5.26 Å². The van der Waals surface area contributed by atoms with Crippen LogP contribution >= 0.6 is 0 Å². The highest BCUT2D eigenvalue weighted by atomic mass is 16.3. The summed E-state index contributed by atoms with van der Waals surface area (Å²) in [5.74, 6) is 0.109. The van der Waals surface area contributed by atoms with Gasteiger partial charge in [0.05, 0.1) is 12.0 Å². The van der Waals surface area contributed by atoms with Crippen molar-refractivity contribution < 1.29 is 4.42 Å². The molecule has 0 saturated heterocycles. The Balaban J connectivity index is 2.39. The van der Waals surface area contributed by atoms with E-state index in [1.807, 2.05) is 24.3 Å².